The normalized spacial score (nSPS) is 26.0. The third-order valence-electron chi connectivity index (χ3n) is 5.71. The maximum absolute atomic E-state index is 12.2. The van der Waals surface area contributed by atoms with E-state index in [0.29, 0.717) is 5.56 Å². The predicted molar refractivity (Wildman–Crippen MR) is 99.1 cm³/mol. The molecule has 0 N–H and O–H groups in total. The van der Waals surface area contributed by atoms with E-state index in [1.54, 1.807) is 0 Å². The number of amides is 1. The summed E-state index contributed by atoms with van der Waals surface area (Å²) in [5, 5.41) is 9.28. The molecule has 1 amide bonds. The minimum Gasteiger partial charge on any atom is -0.442 e. The van der Waals surface area contributed by atoms with Crippen molar-refractivity contribution in [2.75, 3.05) is 52.5 Å². The van der Waals surface area contributed by atoms with Gasteiger partial charge in [0.1, 0.15) is 6.10 Å². The summed E-state index contributed by atoms with van der Waals surface area (Å²) in [4.78, 5) is 18.8. The van der Waals surface area contributed by atoms with Crippen LogP contribution in [0.3, 0.4) is 0 Å². The number of likely N-dealkylation sites (tertiary alicyclic amines) is 1. The number of nitriles is 1. The molecule has 0 radical (unpaired) electrons. The monoisotopic (exact) mass is 370 g/mol. The van der Waals surface area contributed by atoms with E-state index in [4.69, 9.17) is 9.47 Å². The zero-order valence-electron chi connectivity index (χ0n) is 15.5. The van der Waals surface area contributed by atoms with Gasteiger partial charge in [0, 0.05) is 45.8 Å². The number of carbonyl (C=O) groups is 1. The molecule has 1 aromatic rings. The van der Waals surface area contributed by atoms with Crippen molar-refractivity contribution in [1.82, 2.24) is 14.7 Å². The number of hydrogen-bond acceptors (Lipinski definition) is 6. The third kappa shape index (κ3) is 4.08. The van der Waals surface area contributed by atoms with Gasteiger partial charge in [0.25, 0.3) is 0 Å². The first-order chi connectivity index (χ1) is 13.2. The quantitative estimate of drug-likeness (QED) is 0.752. The average molecular weight is 370 g/mol. The lowest BCUT2D eigenvalue weighted by Gasteiger charge is -2.28. The molecule has 144 valence electrons. The summed E-state index contributed by atoms with van der Waals surface area (Å²) in [5.74, 6) is 0. The Morgan fingerprint density at radius 1 is 1.11 bits per heavy atom. The molecule has 7 nitrogen and oxygen atoms in total. The lowest BCUT2D eigenvalue weighted by atomic mass is 10.1. The number of morpholine rings is 1. The van der Waals surface area contributed by atoms with Crippen LogP contribution in [0.25, 0.3) is 0 Å². The molecule has 0 aromatic heterocycles. The average Bonchev–Trinajstić information content (AvgIpc) is 3.20. The van der Waals surface area contributed by atoms with Crippen molar-refractivity contribution in [3.63, 3.8) is 0 Å². The van der Waals surface area contributed by atoms with E-state index >= 15 is 0 Å². The van der Waals surface area contributed by atoms with E-state index in [1.807, 2.05) is 29.2 Å². The summed E-state index contributed by atoms with van der Waals surface area (Å²) in [6.45, 7) is 7.53. The van der Waals surface area contributed by atoms with E-state index < -0.39 is 0 Å². The second-order valence-electron chi connectivity index (χ2n) is 7.45. The van der Waals surface area contributed by atoms with Crippen LogP contribution in [0.1, 0.15) is 17.5 Å². The van der Waals surface area contributed by atoms with E-state index in [9.17, 15) is 10.1 Å². The van der Waals surface area contributed by atoms with Crippen molar-refractivity contribution < 1.29 is 14.3 Å². The fourth-order valence-electron chi connectivity index (χ4n) is 4.26. The predicted octanol–water partition coefficient (Wildman–Crippen LogP) is 1.29. The number of benzene rings is 1. The zero-order valence-corrected chi connectivity index (χ0v) is 15.5. The maximum atomic E-state index is 12.2. The number of hydrogen-bond donors (Lipinski definition) is 0. The Morgan fingerprint density at radius 3 is 2.74 bits per heavy atom. The molecule has 3 heterocycles. The number of rotatable bonds is 6. The van der Waals surface area contributed by atoms with Crippen molar-refractivity contribution in [3.05, 3.63) is 35.4 Å². The Balaban J connectivity index is 1.31. The van der Waals surface area contributed by atoms with Gasteiger partial charge in [-0.2, -0.15) is 5.26 Å². The van der Waals surface area contributed by atoms with Gasteiger partial charge < -0.3 is 14.4 Å². The number of nitrogens with zero attached hydrogens (tertiary/aromatic N) is 4. The van der Waals surface area contributed by atoms with Gasteiger partial charge in [-0.05, 0) is 18.1 Å². The number of ether oxygens (including phenoxy) is 2. The van der Waals surface area contributed by atoms with Gasteiger partial charge in [0.05, 0.1) is 30.9 Å². The molecule has 4 rings (SSSR count). The molecular weight excluding hydrogens is 344 g/mol. The minimum atomic E-state index is -0.177. The first kappa shape index (κ1) is 18.2. The zero-order chi connectivity index (χ0) is 18.6. The molecule has 7 heteroatoms. The molecule has 27 heavy (non-hydrogen) atoms. The van der Waals surface area contributed by atoms with E-state index in [0.717, 1.165) is 71.0 Å². The molecule has 3 fully saturated rings. The van der Waals surface area contributed by atoms with Gasteiger partial charge in [-0.1, -0.05) is 18.2 Å². The third-order valence-corrected chi connectivity index (χ3v) is 5.71. The van der Waals surface area contributed by atoms with Crippen molar-refractivity contribution in [1.29, 1.82) is 5.26 Å². The van der Waals surface area contributed by atoms with Gasteiger partial charge in [0.2, 0.25) is 0 Å². The molecule has 0 saturated carbocycles. The maximum Gasteiger partial charge on any atom is 0.410 e. The summed E-state index contributed by atoms with van der Waals surface area (Å²) in [7, 11) is 0. The lowest BCUT2D eigenvalue weighted by Crippen LogP contribution is -2.41. The lowest BCUT2D eigenvalue weighted by molar-refractivity contribution is 0.0362. The Kier molecular flexibility index (Phi) is 5.58. The van der Waals surface area contributed by atoms with Crippen molar-refractivity contribution in [3.8, 4) is 6.07 Å². The number of fused-ring (bicyclic) bond motifs is 1. The van der Waals surface area contributed by atoms with Crippen LogP contribution < -0.4 is 0 Å². The second kappa shape index (κ2) is 8.26. The molecule has 0 spiro atoms. The van der Waals surface area contributed by atoms with Crippen LogP contribution in [0.4, 0.5) is 4.79 Å². The molecule has 1 aromatic carbocycles. The summed E-state index contributed by atoms with van der Waals surface area (Å²) >= 11 is 0. The topological polar surface area (TPSA) is 69.0 Å². The summed E-state index contributed by atoms with van der Waals surface area (Å²) < 4.78 is 11.0. The van der Waals surface area contributed by atoms with E-state index in [2.05, 4.69) is 15.9 Å². The van der Waals surface area contributed by atoms with Crippen LogP contribution in [0.15, 0.2) is 24.3 Å². The standard InChI is InChI=1S/C20H26N4O3/c21-12-16-4-1-2-5-17(16)13-23-14-18-19(15-23)27-20(25)24(18)7-3-6-22-8-10-26-11-9-22/h1-2,4-5,18-19H,3,6-11,13-15H2/t18-,19+/m1/s1. The van der Waals surface area contributed by atoms with Gasteiger partial charge in [-0.25, -0.2) is 4.79 Å². The Bertz CT molecular complexity index is 713. The van der Waals surface area contributed by atoms with E-state index in [-0.39, 0.29) is 18.2 Å². The highest BCUT2D eigenvalue weighted by atomic mass is 16.6. The van der Waals surface area contributed by atoms with Gasteiger partial charge in [-0.15, -0.1) is 0 Å². The largest absolute Gasteiger partial charge is 0.442 e. The molecule has 0 aliphatic carbocycles. The van der Waals surface area contributed by atoms with Crippen LogP contribution in [-0.2, 0) is 16.0 Å². The molecular formula is C20H26N4O3. The smallest absolute Gasteiger partial charge is 0.410 e. The molecule has 3 saturated heterocycles. The second-order valence-corrected chi connectivity index (χ2v) is 7.45. The highest BCUT2D eigenvalue weighted by Gasteiger charge is 2.47. The van der Waals surface area contributed by atoms with Crippen molar-refractivity contribution >= 4 is 6.09 Å². The minimum absolute atomic E-state index is 0.0601. The van der Waals surface area contributed by atoms with Gasteiger partial charge >= 0.3 is 6.09 Å². The summed E-state index contributed by atoms with van der Waals surface area (Å²) in [5.41, 5.74) is 1.75. The Hall–Kier alpha value is -2.14. The van der Waals surface area contributed by atoms with Crippen LogP contribution >= 0.6 is 0 Å². The van der Waals surface area contributed by atoms with Gasteiger partial charge in [-0.3, -0.25) is 9.80 Å². The van der Waals surface area contributed by atoms with Crippen LogP contribution in [0.5, 0.6) is 0 Å². The number of carbonyl (C=O) groups excluding carboxylic acids is 1. The Labute approximate surface area is 160 Å². The van der Waals surface area contributed by atoms with E-state index in [1.165, 1.54) is 0 Å². The highest BCUT2D eigenvalue weighted by Crippen LogP contribution is 2.28. The van der Waals surface area contributed by atoms with Gasteiger partial charge in [0.15, 0.2) is 0 Å². The molecule has 0 unspecified atom stereocenters. The van der Waals surface area contributed by atoms with Crippen molar-refractivity contribution in [2.24, 2.45) is 0 Å². The van der Waals surface area contributed by atoms with Crippen LogP contribution in [-0.4, -0.2) is 85.4 Å². The first-order valence-corrected chi connectivity index (χ1v) is 9.72. The first-order valence-electron chi connectivity index (χ1n) is 9.72. The molecule has 2 atom stereocenters. The Morgan fingerprint density at radius 2 is 1.93 bits per heavy atom. The summed E-state index contributed by atoms with van der Waals surface area (Å²) in [6.07, 6.45) is 0.717. The SMILES string of the molecule is N#Cc1ccccc1CN1C[C@@H]2OC(=O)N(CCCN3CCOCC3)[C@@H]2C1. The van der Waals surface area contributed by atoms with Crippen LogP contribution in [0.2, 0.25) is 0 Å². The fraction of sp³-hybridized carbons (Fsp3) is 0.600. The van der Waals surface area contributed by atoms with Crippen molar-refractivity contribution in [2.45, 2.75) is 25.1 Å². The fourth-order valence-corrected chi connectivity index (χ4v) is 4.26. The molecule has 0 bridgehead atoms. The summed E-state index contributed by atoms with van der Waals surface area (Å²) in [6, 6.07) is 10.1. The molecule has 3 aliphatic heterocycles. The highest BCUT2D eigenvalue weighted by molar-refractivity contribution is 5.71. The van der Waals surface area contributed by atoms with Crippen LogP contribution in [0, 0.1) is 11.3 Å². The molecule has 3 aliphatic rings.